The second-order valence-corrected chi connectivity index (χ2v) is 3.86. The molecule has 1 aliphatic heterocycles. The van der Waals surface area contributed by atoms with Crippen molar-refractivity contribution < 1.29 is 0 Å². The van der Waals surface area contributed by atoms with Gasteiger partial charge in [0.1, 0.15) is 0 Å². The van der Waals surface area contributed by atoms with Crippen molar-refractivity contribution >= 4 is 0 Å². The molecule has 0 atom stereocenters. The predicted molar refractivity (Wildman–Crippen MR) is 42.9 cm³/mol. The Hall–Kier alpha value is -0.0400. The monoisotopic (exact) mass is 139 g/mol. The van der Waals surface area contributed by atoms with Crippen LogP contribution in [0.3, 0.4) is 0 Å². The van der Waals surface area contributed by atoms with Crippen molar-refractivity contribution in [3.8, 4) is 0 Å². The van der Waals surface area contributed by atoms with Gasteiger partial charge in [0, 0.05) is 13.1 Å². The standard InChI is InChI=1S/C9H17N/c1-2-5-10-6-9(7-10)8-3-4-8/h8-9H,2-7H2,1H3. The van der Waals surface area contributed by atoms with Gasteiger partial charge < -0.3 is 4.90 Å². The highest BCUT2D eigenvalue weighted by atomic mass is 15.2. The predicted octanol–water partition coefficient (Wildman–Crippen LogP) is 1.74. The number of hydrogen-bond donors (Lipinski definition) is 0. The summed E-state index contributed by atoms with van der Waals surface area (Å²) in [6.45, 7) is 6.44. The maximum atomic E-state index is 2.59. The van der Waals surface area contributed by atoms with Crippen LogP contribution in [0.4, 0.5) is 0 Å². The zero-order valence-corrected chi connectivity index (χ0v) is 6.84. The maximum absolute atomic E-state index is 2.59. The minimum Gasteiger partial charge on any atom is -0.303 e. The van der Waals surface area contributed by atoms with Gasteiger partial charge in [-0.1, -0.05) is 6.92 Å². The second kappa shape index (κ2) is 2.54. The van der Waals surface area contributed by atoms with Gasteiger partial charge in [-0.15, -0.1) is 0 Å². The van der Waals surface area contributed by atoms with Crippen LogP contribution in [0.15, 0.2) is 0 Å². The molecule has 0 aromatic heterocycles. The first-order valence-electron chi connectivity index (χ1n) is 4.62. The Kier molecular flexibility index (Phi) is 1.69. The van der Waals surface area contributed by atoms with Crippen molar-refractivity contribution in [2.45, 2.75) is 26.2 Å². The van der Waals surface area contributed by atoms with Gasteiger partial charge in [0.25, 0.3) is 0 Å². The van der Waals surface area contributed by atoms with E-state index in [1.807, 2.05) is 0 Å². The first-order valence-corrected chi connectivity index (χ1v) is 4.62. The third-order valence-electron chi connectivity index (χ3n) is 2.81. The summed E-state index contributed by atoms with van der Waals surface area (Å²) in [6.07, 6.45) is 4.40. The molecule has 1 saturated carbocycles. The van der Waals surface area contributed by atoms with Gasteiger partial charge in [0.2, 0.25) is 0 Å². The van der Waals surface area contributed by atoms with Gasteiger partial charge in [0.05, 0.1) is 0 Å². The highest BCUT2D eigenvalue weighted by molar-refractivity contribution is 4.90. The first kappa shape index (κ1) is 6.66. The molecule has 2 fully saturated rings. The number of nitrogens with zero attached hydrogens (tertiary/aromatic N) is 1. The molecule has 0 radical (unpaired) electrons. The van der Waals surface area contributed by atoms with Crippen LogP contribution < -0.4 is 0 Å². The SMILES string of the molecule is CCCN1CC(C2CC2)C1. The summed E-state index contributed by atoms with van der Waals surface area (Å²) in [5, 5.41) is 0. The molecular formula is C9H17N. The molecule has 1 saturated heterocycles. The number of likely N-dealkylation sites (tertiary alicyclic amines) is 1. The Morgan fingerprint density at radius 1 is 1.20 bits per heavy atom. The van der Waals surface area contributed by atoms with Crippen LogP contribution in [0, 0.1) is 11.8 Å². The molecule has 2 rings (SSSR count). The molecule has 1 heterocycles. The fourth-order valence-electron chi connectivity index (χ4n) is 1.97. The van der Waals surface area contributed by atoms with E-state index in [-0.39, 0.29) is 0 Å². The molecule has 0 unspecified atom stereocenters. The summed E-state index contributed by atoms with van der Waals surface area (Å²) in [4.78, 5) is 2.59. The van der Waals surface area contributed by atoms with Crippen LogP contribution in [-0.2, 0) is 0 Å². The van der Waals surface area contributed by atoms with Crippen molar-refractivity contribution in [2.75, 3.05) is 19.6 Å². The minimum absolute atomic E-state index is 1.10. The van der Waals surface area contributed by atoms with Crippen molar-refractivity contribution in [3.63, 3.8) is 0 Å². The second-order valence-electron chi connectivity index (χ2n) is 3.86. The molecule has 0 amide bonds. The molecule has 1 heteroatoms. The summed E-state index contributed by atoms with van der Waals surface area (Å²) in [6, 6.07) is 0. The van der Waals surface area contributed by atoms with Gasteiger partial charge in [-0.05, 0) is 37.6 Å². The van der Waals surface area contributed by atoms with E-state index >= 15 is 0 Å². The molecule has 2 aliphatic rings. The lowest BCUT2D eigenvalue weighted by Crippen LogP contribution is -2.47. The van der Waals surface area contributed by atoms with Gasteiger partial charge >= 0.3 is 0 Å². The highest BCUT2D eigenvalue weighted by Crippen LogP contribution is 2.41. The van der Waals surface area contributed by atoms with Crippen molar-refractivity contribution in [1.82, 2.24) is 4.90 Å². The smallest absolute Gasteiger partial charge is 0.00247 e. The Morgan fingerprint density at radius 2 is 1.90 bits per heavy atom. The van der Waals surface area contributed by atoms with E-state index in [0.29, 0.717) is 0 Å². The molecule has 0 bridgehead atoms. The van der Waals surface area contributed by atoms with Gasteiger partial charge in [0.15, 0.2) is 0 Å². The lowest BCUT2D eigenvalue weighted by Gasteiger charge is -2.39. The zero-order chi connectivity index (χ0) is 6.97. The van der Waals surface area contributed by atoms with E-state index in [4.69, 9.17) is 0 Å². The fraction of sp³-hybridized carbons (Fsp3) is 1.00. The van der Waals surface area contributed by atoms with Gasteiger partial charge in [-0.25, -0.2) is 0 Å². The van der Waals surface area contributed by atoms with Crippen LogP contribution in [0.1, 0.15) is 26.2 Å². The van der Waals surface area contributed by atoms with Crippen molar-refractivity contribution in [1.29, 1.82) is 0 Å². The maximum Gasteiger partial charge on any atom is 0.00247 e. The zero-order valence-electron chi connectivity index (χ0n) is 6.84. The van der Waals surface area contributed by atoms with Crippen molar-refractivity contribution in [3.05, 3.63) is 0 Å². The van der Waals surface area contributed by atoms with Crippen LogP contribution in [-0.4, -0.2) is 24.5 Å². The third kappa shape index (κ3) is 1.20. The Labute approximate surface area is 63.4 Å². The molecule has 0 spiro atoms. The molecule has 58 valence electrons. The summed E-state index contributed by atoms with van der Waals surface area (Å²) < 4.78 is 0. The quantitative estimate of drug-likeness (QED) is 0.575. The summed E-state index contributed by atoms with van der Waals surface area (Å²) in [5.41, 5.74) is 0. The topological polar surface area (TPSA) is 3.24 Å². The highest BCUT2D eigenvalue weighted by Gasteiger charge is 2.38. The Balaban J connectivity index is 1.63. The third-order valence-corrected chi connectivity index (χ3v) is 2.81. The van der Waals surface area contributed by atoms with E-state index in [2.05, 4.69) is 11.8 Å². The largest absolute Gasteiger partial charge is 0.303 e. The summed E-state index contributed by atoms with van der Waals surface area (Å²) >= 11 is 0. The van der Waals surface area contributed by atoms with Crippen LogP contribution in [0.25, 0.3) is 0 Å². The van der Waals surface area contributed by atoms with E-state index in [1.54, 1.807) is 0 Å². The number of rotatable bonds is 3. The number of hydrogen-bond acceptors (Lipinski definition) is 1. The lowest BCUT2D eigenvalue weighted by atomic mass is 9.95. The Morgan fingerprint density at radius 3 is 2.40 bits per heavy atom. The lowest BCUT2D eigenvalue weighted by molar-refractivity contribution is 0.0857. The fourth-order valence-corrected chi connectivity index (χ4v) is 1.97. The van der Waals surface area contributed by atoms with Gasteiger partial charge in [-0.2, -0.15) is 0 Å². The molecule has 1 aliphatic carbocycles. The molecule has 0 N–H and O–H groups in total. The molecular weight excluding hydrogens is 122 g/mol. The van der Waals surface area contributed by atoms with E-state index in [9.17, 15) is 0 Å². The normalized spacial score (nSPS) is 28.5. The minimum atomic E-state index is 1.10. The molecule has 0 aromatic rings. The van der Waals surface area contributed by atoms with E-state index in [0.717, 1.165) is 11.8 Å². The van der Waals surface area contributed by atoms with Crippen molar-refractivity contribution in [2.24, 2.45) is 11.8 Å². The van der Waals surface area contributed by atoms with Gasteiger partial charge in [-0.3, -0.25) is 0 Å². The average Bonchev–Trinajstić information content (AvgIpc) is 2.59. The molecule has 1 nitrogen and oxygen atoms in total. The van der Waals surface area contributed by atoms with E-state index < -0.39 is 0 Å². The van der Waals surface area contributed by atoms with E-state index in [1.165, 1.54) is 38.9 Å². The molecule has 10 heavy (non-hydrogen) atoms. The molecule has 0 aromatic carbocycles. The Bertz CT molecular complexity index is 112. The summed E-state index contributed by atoms with van der Waals surface area (Å²) in [7, 11) is 0. The van der Waals surface area contributed by atoms with Crippen LogP contribution in [0.5, 0.6) is 0 Å². The van der Waals surface area contributed by atoms with Crippen LogP contribution in [0.2, 0.25) is 0 Å². The first-order chi connectivity index (χ1) is 4.90. The van der Waals surface area contributed by atoms with Crippen LogP contribution >= 0.6 is 0 Å². The average molecular weight is 139 g/mol. The summed E-state index contributed by atoms with van der Waals surface area (Å²) in [5.74, 6) is 2.25.